The summed E-state index contributed by atoms with van der Waals surface area (Å²) in [4.78, 5) is 14.3. The number of ether oxygens (including phenoxy) is 2. The van der Waals surface area contributed by atoms with Crippen LogP contribution in [0.1, 0.15) is 57.6 Å². The smallest absolute Gasteiger partial charge is 0.410 e. The van der Waals surface area contributed by atoms with Crippen molar-refractivity contribution in [3.8, 4) is 5.75 Å². The molecule has 2 aliphatic rings. The van der Waals surface area contributed by atoms with Crippen LogP contribution in [0, 0.1) is 6.92 Å². The van der Waals surface area contributed by atoms with Gasteiger partial charge in [0.1, 0.15) is 17.5 Å². The van der Waals surface area contributed by atoms with Crippen molar-refractivity contribution in [2.45, 2.75) is 65.1 Å². The average molecular weight is 346 g/mol. The fourth-order valence-electron chi connectivity index (χ4n) is 3.67. The highest BCUT2D eigenvalue weighted by atomic mass is 16.6. The zero-order valence-electron chi connectivity index (χ0n) is 16.0. The molecule has 3 rings (SSSR count). The average Bonchev–Trinajstić information content (AvgIpc) is 2.53. The molecule has 2 heterocycles. The quantitative estimate of drug-likeness (QED) is 0.823. The van der Waals surface area contributed by atoms with E-state index in [2.05, 4.69) is 31.3 Å². The number of likely N-dealkylation sites (tertiary alicyclic amines) is 1. The minimum Gasteiger partial charge on any atom is -0.486 e. The number of amides is 1. The Morgan fingerprint density at radius 3 is 2.84 bits per heavy atom. The van der Waals surface area contributed by atoms with Crippen molar-refractivity contribution >= 4 is 11.8 Å². The topological polar surface area (TPSA) is 50.8 Å². The lowest BCUT2D eigenvalue weighted by Crippen LogP contribution is -2.42. The maximum atomic E-state index is 12.5. The predicted octanol–water partition coefficient (Wildman–Crippen LogP) is 4.30. The van der Waals surface area contributed by atoms with Crippen molar-refractivity contribution in [2.24, 2.45) is 0 Å². The Hall–Kier alpha value is -1.91. The number of hydrogen-bond acceptors (Lipinski definition) is 4. The molecule has 2 aliphatic heterocycles. The molecule has 1 aromatic rings. The van der Waals surface area contributed by atoms with Crippen LogP contribution >= 0.6 is 0 Å². The molecular weight excluding hydrogens is 316 g/mol. The van der Waals surface area contributed by atoms with Gasteiger partial charge in [0.2, 0.25) is 0 Å². The van der Waals surface area contributed by atoms with Crippen LogP contribution in [0.3, 0.4) is 0 Å². The molecule has 5 heteroatoms. The zero-order chi connectivity index (χ0) is 18.2. The number of carbonyl (C=O) groups is 1. The summed E-state index contributed by atoms with van der Waals surface area (Å²) in [6.45, 7) is 12.2. The molecule has 2 atom stereocenters. The number of anilines is 1. The van der Waals surface area contributed by atoms with Crippen LogP contribution in [-0.4, -0.2) is 42.3 Å². The van der Waals surface area contributed by atoms with Gasteiger partial charge in [0.05, 0.1) is 12.2 Å². The van der Waals surface area contributed by atoms with E-state index in [1.807, 2.05) is 25.7 Å². The minimum atomic E-state index is -0.464. The number of carbonyl (C=O) groups excluding carboxylic acids is 1. The summed E-state index contributed by atoms with van der Waals surface area (Å²) in [5, 5.41) is 3.45. The van der Waals surface area contributed by atoms with Crippen molar-refractivity contribution in [1.29, 1.82) is 0 Å². The first kappa shape index (κ1) is 17.9. The lowest BCUT2D eigenvalue weighted by atomic mass is 9.86. The maximum Gasteiger partial charge on any atom is 0.410 e. The van der Waals surface area contributed by atoms with E-state index in [9.17, 15) is 4.79 Å². The van der Waals surface area contributed by atoms with Gasteiger partial charge < -0.3 is 19.7 Å². The largest absolute Gasteiger partial charge is 0.486 e. The molecule has 1 amide bonds. The monoisotopic (exact) mass is 346 g/mol. The molecule has 0 aliphatic carbocycles. The number of aryl methyl sites for hydroxylation is 1. The van der Waals surface area contributed by atoms with Gasteiger partial charge in [-0.1, -0.05) is 6.07 Å². The van der Waals surface area contributed by atoms with Crippen molar-refractivity contribution in [2.75, 3.05) is 25.0 Å². The van der Waals surface area contributed by atoms with Crippen molar-refractivity contribution < 1.29 is 14.3 Å². The Balaban J connectivity index is 1.83. The summed E-state index contributed by atoms with van der Waals surface area (Å²) in [6.07, 6.45) is 1.98. The molecule has 138 valence electrons. The molecule has 1 aromatic carbocycles. The highest BCUT2D eigenvalue weighted by molar-refractivity contribution is 5.69. The number of nitrogens with zero attached hydrogens (tertiary/aromatic N) is 1. The molecule has 5 nitrogen and oxygen atoms in total. The van der Waals surface area contributed by atoms with Crippen molar-refractivity contribution in [3.05, 3.63) is 23.3 Å². The summed E-state index contributed by atoms with van der Waals surface area (Å²) < 4.78 is 11.7. The maximum absolute atomic E-state index is 12.5. The van der Waals surface area contributed by atoms with Crippen LogP contribution < -0.4 is 10.1 Å². The standard InChI is InChI=1S/C20H30N2O3/c1-13-8-9-16-18(24-14(2)11-21-16)17(13)15-7-6-10-22(12-15)19(23)25-20(3,4)5/h8-9,14-15,21H,6-7,10-12H2,1-5H3/t14-,15?/m1/s1. The van der Waals surface area contributed by atoms with Crippen LogP contribution in [0.4, 0.5) is 10.5 Å². The van der Waals surface area contributed by atoms with Crippen LogP contribution in [-0.2, 0) is 4.74 Å². The van der Waals surface area contributed by atoms with Gasteiger partial charge in [0.15, 0.2) is 0 Å². The molecule has 0 saturated carbocycles. The number of fused-ring (bicyclic) bond motifs is 1. The van der Waals surface area contributed by atoms with Gasteiger partial charge in [-0.15, -0.1) is 0 Å². The van der Waals surface area contributed by atoms with Crippen molar-refractivity contribution in [3.63, 3.8) is 0 Å². The molecule has 1 N–H and O–H groups in total. The summed E-state index contributed by atoms with van der Waals surface area (Å²) >= 11 is 0. The number of rotatable bonds is 1. The van der Waals surface area contributed by atoms with Gasteiger partial charge in [0, 0.05) is 24.6 Å². The Kier molecular flexibility index (Phi) is 4.85. The zero-order valence-corrected chi connectivity index (χ0v) is 16.0. The third-order valence-corrected chi connectivity index (χ3v) is 4.79. The number of piperidine rings is 1. The van der Waals surface area contributed by atoms with E-state index in [1.54, 1.807) is 0 Å². The first-order valence-corrected chi connectivity index (χ1v) is 9.26. The molecular formula is C20H30N2O3. The number of nitrogens with one attached hydrogen (secondary N) is 1. The van der Waals surface area contributed by atoms with Crippen LogP contribution in [0.15, 0.2) is 12.1 Å². The van der Waals surface area contributed by atoms with Crippen LogP contribution in [0.5, 0.6) is 5.75 Å². The lowest BCUT2D eigenvalue weighted by molar-refractivity contribution is 0.0196. The third-order valence-electron chi connectivity index (χ3n) is 4.79. The van der Waals surface area contributed by atoms with E-state index in [4.69, 9.17) is 9.47 Å². The second-order valence-corrected chi connectivity index (χ2v) is 8.25. The Labute approximate surface area is 150 Å². The first-order valence-electron chi connectivity index (χ1n) is 9.26. The van der Waals surface area contributed by atoms with E-state index in [0.717, 1.165) is 37.4 Å². The highest BCUT2D eigenvalue weighted by Crippen LogP contribution is 2.42. The summed E-state index contributed by atoms with van der Waals surface area (Å²) in [5.41, 5.74) is 3.07. The fraction of sp³-hybridized carbons (Fsp3) is 0.650. The fourth-order valence-corrected chi connectivity index (χ4v) is 3.67. The first-order chi connectivity index (χ1) is 11.7. The van der Waals surface area contributed by atoms with E-state index < -0.39 is 5.60 Å². The van der Waals surface area contributed by atoms with Crippen molar-refractivity contribution in [1.82, 2.24) is 4.90 Å². The van der Waals surface area contributed by atoms with Gasteiger partial charge in [-0.2, -0.15) is 0 Å². The molecule has 25 heavy (non-hydrogen) atoms. The SMILES string of the molecule is Cc1ccc2c(c1C1CCCN(C(=O)OC(C)(C)C)C1)O[C@H](C)CN2. The lowest BCUT2D eigenvalue weighted by Gasteiger charge is -2.37. The number of benzene rings is 1. The van der Waals surface area contributed by atoms with Gasteiger partial charge in [-0.25, -0.2) is 4.79 Å². The molecule has 1 fully saturated rings. The third kappa shape index (κ3) is 4.02. The van der Waals surface area contributed by atoms with Gasteiger partial charge >= 0.3 is 6.09 Å². The second kappa shape index (κ2) is 6.77. The molecule has 0 spiro atoms. The Morgan fingerprint density at radius 1 is 1.36 bits per heavy atom. The summed E-state index contributed by atoms with van der Waals surface area (Å²) in [5.74, 6) is 1.25. The Bertz CT molecular complexity index is 651. The predicted molar refractivity (Wildman–Crippen MR) is 99.5 cm³/mol. The molecule has 1 unspecified atom stereocenters. The minimum absolute atomic E-state index is 0.151. The van der Waals surface area contributed by atoms with Crippen LogP contribution in [0.2, 0.25) is 0 Å². The van der Waals surface area contributed by atoms with E-state index >= 15 is 0 Å². The van der Waals surface area contributed by atoms with Crippen LogP contribution in [0.25, 0.3) is 0 Å². The molecule has 1 saturated heterocycles. The van der Waals surface area contributed by atoms with Gasteiger partial charge in [-0.05, 0) is 59.1 Å². The second-order valence-electron chi connectivity index (χ2n) is 8.25. The molecule has 0 bridgehead atoms. The van der Waals surface area contributed by atoms with E-state index in [1.165, 1.54) is 11.1 Å². The van der Waals surface area contributed by atoms with Gasteiger partial charge in [0.25, 0.3) is 0 Å². The number of hydrogen-bond donors (Lipinski definition) is 1. The summed E-state index contributed by atoms with van der Waals surface area (Å²) in [6, 6.07) is 4.24. The highest BCUT2D eigenvalue weighted by Gasteiger charge is 2.32. The summed E-state index contributed by atoms with van der Waals surface area (Å²) in [7, 11) is 0. The Morgan fingerprint density at radius 2 is 2.12 bits per heavy atom. The molecule has 0 radical (unpaired) electrons. The van der Waals surface area contributed by atoms with E-state index in [0.29, 0.717) is 6.54 Å². The normalized spacial score (nSPS) is 23.3. The van der Waals surface area contributed by atoms with E-state index in [-0.39, 0.29) is 18.1 Å². The molecule has 0 aromatic heterocycles. The van der Waals surface area contributed by atoms with Gasteiger partial charge in [-0.3, -0.25) is 0 Å².